The summed E-state index contributed by atoms with van der Waals surface area (Å²) in [6, 6.07) is 36.6. The second-order valence-electron chi connectivity index (χ2n) is 7.34. The normalized spacial score (nSPS) is 11.4. The Kier molecular flexibility index (Phi) is 19.4. The molecule has 1 atom stereocenters. The number of para-hydroxylation sites is 1. The highest BCUT2D eigenvalue weighted by Crippen LogP contribution is 2.50. The minimum Gasteiger partial charge on any atom is -0.457 e. The SMILES string of the molecule is CC.CC.CC.CC.CC.CC.c1ccc2c(c1)Oc1ccc3ccccc3c1C2c1cccc2ccccc12. The molecular weight excluding hydrogens is 484 g/mol. The van der Waals surface area contributed by atoms with Crippen molar-refractivity contribution >= 4 is 21.5 Å². The largest absolute Gasteiger partial charge is 0.457 e. The molecule has 0 radical (unpaired) electrons. The van der Waals surface area contributed by atoms with Crippen LogP contribution in [0.1, 0.15) is 106 Å². The van der Waals surface area contributed by atoms with Gasteiger partial charge in [-0.05, 0) is 39.2 Å². The van der Waals surface area contributed by atoms with Gasteiger partial charge in [0.05, 0.1) is 0 Å². The van der Waals surface area contributed by atoms with Crippen molar-refractivity contribution < 1.29 is 4.74 Å². The predicted molar refractivity (Wildman–Crippen MR) is 183 cm³/mol. The first-order valence-corrected chi connectivity index (χ1v) is 15.7. The summed E-state index contributed by atoms with van der Waals surface area (Å²) >= 11 is 0. The molecule has 0 aliphatic carbocycles. The van der Waals surface area contributed by atoms with Gasteiger partial charge in [-0.15, -0.1) is 0 Å². The first-order valence-electron chi connectivity index (χ1n) is 15.7. The zero-order valence-corrected chi connectivity index (χ0v) is 27.3. The van der Waals surface area contributed by atoms with Gasteiger partial charge in [-0.1, -0.05) is 174 Å². The lowest BCUT2D eigenvalue weighted by molar-refractivity contribution is 0.455. The average molecular weight is 539 g/mol. The van der Waals surface area contributed by atoms with E-state index in [4.69, 9.17) is 4.74 Å². The van der Waals surface area contributed by atoms with Crippen molar-refractivity contribution in [2.45, 2.75) is 89.0 Å². The fourth-order valence-corrected chi connectivity index (χ4v) is 4.57. The maximum Gasteiger partial charge on any atom is 0.132 e. The first kappa shape index (κ1) is 36.4. The number of hydrogen-bond acceptors (Lipinski definition) is 1. The molecule has 0 spiro atoms. The molecule has 1 unspecified atom stereocenters. The van der Waals surface area contributed by atoms with E-state index < -0.39 is 0 Å². The molecule has 5 aromatic carbocycles. The summed E-state index contributed by atoms with van der Waals surface area (Å²) in [5, 5.41) is 5.07. The van der Waals surface area contributed by atoms with E-state index in [1.54, 1.807) is 0 Å². The second-order valence-corrected chi connectivity index (χ2v) is 7.34. The van der Waals surface area contributed by atoms with Gasteiger partial charge in [0.1, 0.15) is 11.5 Å². The summed E-state index contributed by atoms with van der Waals surface area (Å²) in [4.78, 5) is 0. The molecule has 0 amide bonds. The molecule has 0 bridgehead atoms. The van der Waals surface area contributed by atoms with Gasteiger partial charge in [-0.25, -0.2) is 0 Å². The fraction of sp³-hybridized carbons (Fsp3) is 0.333. The Balaban J connectivity index is 0.00000113. The molecule has 1 nitrogen and oxygen atoms in total. The van der Waals surface area contributed by atoms with Crippen LogP contribution in [0.15, 0.2) is 103 Å². The Morgan fingerprint density at radius 1 is 0.375 bits per heavy atom. The molecular formula is C39H54O. The van der Waals surface area contributed by atoms with E-state index in [1.807, 2.05) is 89.2 Å². The number of ether oxygens (including phenoxy) is 1. The van der Waals surface area contributed by atoms with E-state index in [1.165, 1.54) is 38.2 Å². The maximum atomic E-state index is 6.35. The minimum absolute atomic E-state index is 0.136. The molecule has 1 heterocycles. The lowest BCUT2D eigenvalue weighted by Gasteiger charge is -2.30. The minimum atomic E-state index is 0.136. The molecule has 1 aliphatic rings. The summed E-state index contributed by atoms with van der Waals surface area (Å²) in [6.45, 7) is 24.0. The Morgan fingerprint density at radius 2 is 0.825 bits per heavy atom. The van der Waals surface area contributed by atoms with Gasteiger partial charge in [0.25, 0.3) is 0 Å². The van der Waals surface area contributed by atoms with Crippen molar-refractivity contribution in [3.8, 4) is 11.5 Å². The van der Waals surface area contributed by atoms with E-state index >= 15 is 0 Å². The molecule has 0 saturated heterocycles. The van der Waals surface area contributed by atoms with Gasteiger partial charge in [0.15, 0.2) is 0 Å². The quantitative estimate of drug-likeness (QED) is 0.202. The Bertz CT molecular complexity index is 1340. The van der Waals surface area contributed by atoms with Crippen molar-refractivity contribution in [3.63, 3.8) is 0 Å². The van der Waals surface area contributed by atoms with E-state index in [2.05, 4.69) is 97.1 Å². The van der Waals surface area contributed by atoms with Gasteiger partial charge < -0.3 is 4.74 Å². The lowest BCUT2D eigenvalue weighted by Crippen LogP contribution is -2.12. The van der Waals surface area contributed by atoms with Crippen LogP contribution in [-0.2, 0) is 0 Å². The smallest absolute Gasteiger partial charge is 0.132 e. The van der Waals surface area contributed by atoms with Gasteiger partial charge in [0.2, 0.25) is 0 Å². The van der Waals surface area contributed by atoms with Crippen LogP contribution in [0.3, 0.4) is 0 Å². The standard InChI is InChI=1S/C27H18O.6C2H6/c1-3-11-20-18(8-1)10-7-14-22(20)26-23-13-5-6-15-24(23)28-25-17-16-19-9-2-4-12-21(19)27(25)26;6*1-2/h1-17,26H;6*1-2H3. The van der Waals surface area contributed by atoms with Crippen molar-refractivity contribution in [2.75, 3.05) is 0 Å². The van der Waals surface area contributed by atoms with Crippen molar-refractivity contribution in [1.82, 2.24) is 0 Å². The lowest BCUT2D eigenvalue weighted by atomic mass is 9.79. The molecule has 0 N–H and O–H groups in total. The van der Waals surface area contributed by atoms with Crippen LogP contribution >= 0.6 is 0 Å². The van der Waals surface area contributed by atoms with E-state index in [9.17, 15) is 0 Å². The number of rotatable bonds is 1. The van der Waals surface area contributed by atoms with Gasteiger partial charge >= 0.3 is 0 Å². The molecule has 5 aromatic rings. The molecule has 0 fully saturated rings. The summed E-state index contributed by atoms with van der Waals surface area (Å²) in [5.74, 6) is 2.04. The molecule has 6 rings (SSSR count). The monoisotopic (exact) mass is 538 g/mol. The Morgan fingerprint density at radius 3 is 1.45 bits per heavy atom. The number of benzene rings is 5. The third kappa shape index (κ3) is 8.21. The highest BCUT2D eigenvalue weighted by atomic mass is 16.5. The highest BCUT2D eigenvalue weighted by Gasteiger charge is 2.31. The third-order valence-corrected chi connectivity index (χ3v) is 5.80. The van der Waals surface area contributed by atoms with Gasteiger partial charge in [0, 0.05) is 17.0 Å². The third-order valence-electron chi connectivity index (χ3n) is 5.80. The molecule has 1 heteroatoms. The van der Waals surface area contributed by atoms with E-state index in [0.29, 0.717) is 0 Å². The summed E-state index contributed by atoms with van der Waals surface area (Å²) < 4.78 is 6.35. The van der Waals surface area contributed by atoms with Crippen LogP contribution in [0.2, 0.25) is 0 Å². The Hall–Kier alpha value is -3.58. The van der Waals surface area contributed by atoms with Crippen LogP contribution in [-0.4, -0.2) is 0 Å². The molecule has 1 aliphatic heterocycles. The fourth-order valence-electron chi connectivity index (χ4n) is 4.57. The van der Waals surface area contributed by atoms with E-state index in [-0.39, 0.29) is 5.92 Å². The number of hydrogen-bond donors (Lipinski definition) is 0. The number of fused-ring (bicyclic) bond motifs is 5. The molecule has 0 saturated carbocycles. The van der Waals surface area contributed by atoms with Crippen LogP contribution < -0.4 is 4.74 Å². The van der Waals surface area contributed by atoms with Crippen molar-refractivity contribution in [2.24, 2.45) is 0 Å². The summed E-state index contributed by atoms with van der Waals surface area (Å²) in [7, 11) is 0. The zero-order valence-electron chi connectivity index (χ0n) is 27.3. The van der Waals surface area contributed by atoms with E-state index in [0.717, 1.165) is 11.5 Å². The van der Waals surface area contributed by atoms with Crippen LogP contribution in [0.25, 0.3) is 21.5 Å². The first-order chi connectivity index (χ1) is 19.9. The van der Waals surface area contributed by atoms with Gasteiger partial charge in [-0.3, -0.25) is 0 Å². The van der Waals surface area contributed by atoms with Crippen LogP contribution in [0.4, 0.5) is 0 Å². The Labute approximate surface area is 246 Å². The second kappa shape index (κ2) is 21.3. The average Bonchev–Trinajstić information content (AvgIpc) is 3.09. The molecule has 0 aromatic heterocycles. The topological polar surface area (TPSA) is 9.23 Å². The predicted octanol–water partition coefficient (Wildman–Crippen LogP) is 13.4. The molecule has 216 valence electrons. The van der Waals surface area contributed by atoms with Gasteiger partial charge in [-0.2, -0.15) is 0 Å². The van der Waals surface area contributed by atoms with Crippen molar-refractivity contribution in [3.05, 3.63) is 120 Å². The summed E-state index contributed by atoms with van der Waals surface area (Å²) in [6.07, 6.45) is 0. The van der Waals surface area contributed by atoms with Crippen LogP contribution in [0, 0.1) is 0 Å². The highest BCUT2D eigenvalue weighted by molar-refractivity contribution is 5.93. The van der Waals surface area contributed by atoms with Crippen molar-refractivity contribution in [1.29, 1.82) is 0 Å². The zero-order chi connectivity index (χ0) is 30.5. The molecule has 40 heavy (non-hydrogen) atoms. The summed E-state index contributed by atoms with van der Waals surface area (Å²) in [5.41, 5.74) is 3.81. The maximum absolute atomic E-state index is 6.35. The van der Waals surface area contributed by atoms with Crippen LogP contribution in [0.5, 0.6) is 11.5 Å².